The zero-order chi connectivity index (χ0) is 23.9. The maximum absolute atomic E-state index is 13.4. The number of carbonyl (C=O) groups excluding carboxylic acids is 2. The fourth-order valence-electron chi connectivity index (χ4n) is 5.50. The van der Waals surface area contributed by atoms with Crippen LogP contribution < -0.4 is 4.90 Å². The number of aryl methyl sites for hydroxylation is 1. The van der Waals surface area contributed by atoms with Crippen molar-refractivity contribution >= 4 is 27.5 Å². The van der Waals surface area contributed by atoms with E-state index in [0.717, 1.165) is 37.1 Å². The molecule has 3 heterocycles. The topological polar surface area (TPSA) is 78.0 Å². The summed E-state index contributed by atoms with van der Waals surface area (Å²) in [7, 11) is -3.64. The largest absolute Gasteiger partial charge is 0.338 e. The number of fused-ring (bicyclic) bond motifs is 2. The molecule has 0 unspecified atom stereocenters. The molecule has 2 aromatic rings. The lowest BCUT2D eigenvalue weighted by molar-refractivity contribution is -0.137. The molecule has 0 bridgehead atoms. The maximum atomic E-state index is 13.4. The third kappa shape index (κ3) is 4.25. The van der Waals surface area contributed by atoms with Crippen molar-refractivity contribution in [2.24, 2.45) is 5.92 Å². The van der Waals surface area contributed by atoms with Gasteiger partial charge >= 0.3 is 0 Å². The minimum atomic E-state index is -3.64. The number of rotatable bonds is 3. The Balaban J connectivity index is 1.25. The molecule has 0 N–H and O–H groups in total. The van der Waals surface area contributed by atoms with Crippen LogP contribution in [0.15, 0.2) is 47.4 Å². The molecule has 0 saturated carbocycles. The standard InChI is InChI=1S/C26H31N3O4S/c1-19(30)29-13-4-7-22-17-24(8-9-25(22)29)34(32,33)28-15-11-21(12-16-28)26(31)27-14-10-20-5-2-3-6-23(20)18-27/h2-3,5-6,8-9,17,21H,4,7,10-16,18H2,1H3. The van der Waals surface area contributed by atoms with E-state index in [1.165, 1.54) is 22.4 Å². The van der Waals surface area contributed by atoms with E-state index in [9.17, 15) is 18.0 Å². The number of anilines is 1. The number of piperidine rings is 1. The summed E-state index contributed by atoms with van der Waals surface area (Å²) in [5.41, 5.74) is 4.23. The minimum Gasteiger partial charge on any atom is -0.338 e. The molecule has 3 aliphatic rings. The molecule has 0 aromatic heterocycles. The highest BCUT2D eigenvalue weighted by Crippen LogP contribution is 2.32. The lowest BCUT2D eigenvalue weighted by atomic mass is 9.94. The molecule has 1 fully saturated rings. The minimum absolute atomic E-state index is 0.0273. The fraction of sp³-hybridized carbons (Fsp3) is 0.462. The Kier molecular flexibility index (Phi) is 6.20. The Hall–Kier alpha value is -2.71. The number of amides is 2. The van der Waals surface area contributed by atoms with Crippen molar-refractivity contribution in [2.75, 3.05) is 31.1 Å². The summed E-state index contributed by atoms with van der Waals surface area (Å²) < 4.78 is 28.2. The van der Waals surface area contributed by atoms with Gasteiger partial charge in [-0.3, -0.25) is 9.59 Å². The molecule has 3 aliphatic heterocycles. The van der Waals surface area contributed by atoms with Gasteiger partial charge in [0, 0.05) is 51.3 Å². The summed E-state index contributed by atoms with van der Waals surface area (Å²) in [6, 6.07) is 13.3. The Bertz CT molecular complexity index is 1220. The highest BCUT2D eigenvalue weighted by Gasteiger charge is 2.35. The molecule has 2 aromatic carbocycles. The van der Waals surface area contributed by atoms with Crippen LogP contribution in [0.5, 0.6) is 0 Å². The van der Waals surface area contributed by atoms with Crippen LogP contribution in [0.2, 0.25) is 0 Å². The van der Waals surface area contributed by atoms with E-state index in [1.54, 1.807) is 23.1 Å². The molecule has 2 amide bonds. The van der Waals surface area contributed by atoms with Gasteiger partial charge in [0.25, 0.3) is 0 Å². The van der Waals surface area contributed by atoms with E-state index >= 15 is 0 Å². The first-order valence-corrected chi connectivity index (χ1v) is 13.6. The summed E-state index contributed by atoms with van der Waals surface area (Å²) >= 11 is 0. The van der Waals surface area contributed by atoms with Gasteiger partial charge in [-0.1, -0.05) is 24.3 Å². The SMILES string of the molecule is CC(=O)N1CCCc2cc(S(=O)(=O)N3CCC(C(=O)N4CCc5ccccc5C4)CC3)ccc21. The molecule has 0 spiro atoms. The van der Waals surface area contributed by atoms with Crippen LogP contribution >= 0.6 is 0 Å². The lowest BCUT2D eigenvalue weighted by Gasteiger charge is -2.36. The molecule has 34 heavy (non-hydrogen) atoms. The Labute approximate surface area is 201 Å². The molecule has 0 radical (unpaired) electrons. The maximum Gasteiger partial charge on any atom is 0.243 e. The number of carbonyl (C=O) groups is 2. The molecular formula is C26H31N3O4S. The van der Waals surface area contributed by atoms with Crippen LogP contribution in [0.3, 0.4) is 0 Å². The van der Waals surface area contributed by atoms with Gasteiger partial charge in [0.05, 0.1) is 4.90 Å². The third-order valence-corrected chi connectivity index (χ3v) is 9.33. The Morgan fingerprint density at radius 2 is 1.62 bits per heavy atom. The van der Waals surface area contributed by atoms with E-state index < -0.39 is 10.0 Å². The van der Waals surface area contributed by atoms with Crippen LogP contribution in [0.1, 0.15) is 42.9 Å². The van der Waals surface area contributed by atoms with Crippen LogP contribution in [-0.4, -0.2) is 55.6 Å². The van der Waals surface area contributed by atoms with Crippen LogP contribution in [0.25, 0.3) is 0 Å². The van der Waals surface area contributed by atoms with Crippen molar-refractivity contribution in [1.82, 2.24) is 9.21 Å². The smallest absolute Gasteiger partial charge is 0.243 e. The molecule has 1 saturated heterocycles. The van der Waals surface area contributed by atoms with E-state index in [2.05, 4.69) is 12.1 Å². The molecule has 8 heteroatoms. The second kappa shape index (κ2) is 9.15. The highest BCUT2D eigenvalue weighted by atomic mass is 32.2. The average Bonchev–Trinajstić information content (AvgIpc) is 2.87. The second-order valence-electron chi connectivity index (χ2n) is 9.52. The summed E-state index contributed by atoms with van der Waals surface area (Å²) in [5.74, 6) is -0.0190. The van der Waals surface area contributed by atoms with Gasteiger partial charge in [0.1, 0.15) is 0 Å². The summed E-state index contributed by atoms with van der Waals surface area (Å²) in [6.07, 6.45) is 3.54. The number of hydrogen-bond acceptors (Lipinski definition) is 4. The lowest BCUT2D eigenvalue weighted by Crippen LogP contribution is -2.45. The summed E-state index contributed by atoms with van der Waals surface area (Å²) in [4.78, 5) is 29.0. The molecule has 180 valence electrons. The van der Waals surface area contributed by atoms with Gasteiger partial charge in [-0.25, -0.2) is 8.42 Å². The molecular weight excluding hydrogens is 450 g/mol. The first-order valence-electron chi connectivity index (χ1n) is 12.1. The van der Waals surface area contributed by atoms with Crippen molar-refractivity contribution in [3.05, 3.63) is 59.2 Å². The summed E-state index contributed by atoms with van der Waals surface area (Å²) in [5, 5.41) is 0. The quantitative estimate of drug-likeness (QED) is 0.675. The Morgan fingerprint density at radius 3 is 2.35 bits per heavy atom. The normalized spacial score (nSPS) is 19.4. The van der Waals surface area contributed by atoms with Crippen molar-refractivity contribution in [1.29, 1.82) is 0 Å². The number of sulfonamides is 1. The molecule has 7 nitrogen and oxygen atoms in total. The number of nitrogens with zero attached hydrogens (tertiary/aromatic N) is 3. The Morgan fingerprint density at radius 1 is 0.882 bits per heavy atom. The predicted molar refractivity (Wildman–Crippen MR) is 130 cm³/mol. The second-order valence-corrected chi connectivity index (χ2v) is 11.5. The first-order chi connectivity index (χ1) is 16.3. The van der Waals surface area contributed by atoms with E-state index in [4.69, 9.17) is 0 Å². The van der Waals surface area contributed by atoms with Crippen molar-refractivity contribution in [3.63, 3.8) is 0 Å². The van der Waals surface area contributed by atoms with Crippen molar-refractivity contribution < 1.29 is 18.0 Å². The van der Waals surface area contributed by atoms with Gasteiger partial charge in [-0.2, -0.15) is 4.31 Å². The van der Waals surface area contributed by atoms with E-state index in [-0.39, 0.29) is 22.6 Å². The van der Waals surface area contributed by atoms with E-state index in [0.29, 0.717) is 39.0 Å². The van der Waals surface area contributed by atoms with Crippen molar-refractivity contribution in [3.8, 4) is 0 Å². The molecule has 0 atom stereocenters. The summed E-state index contributed by atoms with van der Waals surface area (Å²) in [6.45, 7) is 4.26. The number of benzene rings is 2. The average molecular weight is 482 g/mol. The molecule has 0 aliphatic carbocycles. The highest BCUT2D eigenvalue weighted by molar-refractivity contribution is 7.89. The van der Waals surface area contributed by atoms with Gasteiger partial charge in [-0.05, 0) is 67.0 Å². The van der Waals surface area contributed by atoms with Gasteiger partial charge in [0.2, 0.25) is 21.8 Å². The predicted octanol–water partition coefficient (Wildman–Crippen LogP) is 2.97. The van der Waals surface area contributed by atoms with Crippen LogP contribution in [-0.2, 0) is 39.0 Å². The fourth-order valence-corrected chi connectivity index (χ4v) is 7.02. The zero-order valence-corrected chi connectivity index (χ0v) is 20.4. The third-order valence-electron chi connectivity index (χ3n) is 7.43. The van der Waals surface area contributed by atoms with Crippen molar-refractivity contribution in [2.45, 2.75) is 50.5 Å². The van der Waals surface area contributed by atoms with Gasteiger partial charge in [-0.15, -0.1) is 0 Å². The van der Waals surface area contributed by atoms with Crippen LogP contribution in [0.4, 0.5) is 5.69 Å². The van der Waals surface area contributed by atoms with E-state index in [1.807, 2.05) is 17.0 Å². The monoisotopic (exact) mass is 481 g/mol. The zero-order valence-electron chi connectivity index (χ0n) is 19.6. The van der Waals surface area contributed by atoms with Gasteiger partial charge < -0.3 is 9.80 Å². The number of hydrogen-bond donors (Lipinski definition) is 0. The van der Waals surface area contributed by atoms with Crippen LogP contribution in [0, 0.1) is 5.92 Å². The van der Waals surface area contributed by atoms with Gasteiger partial charge in [0.15, 0.2) is 0 Å². The first kappa shape index (κ1) is 23.1. The molecule has 5 rings (SSSR count).